The van der Waals surface area contributed by atoms with E-state index in [1.807, 2.05) is 11.9 Å². The number of likely N-dealkylation sites (N-methyl/N-ethyl adjacent to an activating group) is 1. The molecule has 1 heterocycles. The lowest BCUT2D eigenvalue weighted by Crippen LogP contribution is -2.80. The molecule has 2 aliphatic rings. The summed E-state index contributed by atoms with van der Waals surface area (Å²) < 4.78 is 5.73. The second kappa shape index (κ2) is 4.20. The zero-order valence-electron chi connectivity index (χ0n) is 12.2. The van der Waals surface area contributed by atoms with Gasteiger partial charge in [0.05, 0.1) is 6.10 Å². The largest absolute Gasteiger partial charge is 0.377 e. The first-order valence-electron chi connectivity index (χ1n) is 6.96. The number of hydrogen-bond acceptors (Lipinski definition) is 3. The number of amides is 1. The smallest absolute Gasteiger partial charge is 0.243 e. The van der Waals surface area contributed by atoms with Crippen molar-refractivity contribution in [2.45, 2.75) is 58.2 Å². The van der Waals surface area contributed by atoms with E-state index < -0.39 is 5.54 Å². The summed E-state index contributed by atoms with van der Waals surface area (Å²) in [5.41, 5.74) is 5.50. The highest BCUT2D eigenvalue weighted by Crippen LogP contribution is 2.58. The monoisotopic (exact) mass is 254 g/mol. The first-order chi connectivity index (χ1) is 8.28. The molecule has 2 N–H and O–H groups in total. The van der Waals surface area contributed by atoms with Crippen LogP contribution in [0.25, 0.3) is 0 Å². The van der Waals surface area contributed by atoms with Crippen molar-refractivity contribution in [2.24, 2.45) is 17.1 Å². The van der Waals surface area contributed by atoms with Crippen molar-refractivity contribution in [3.8, 4) is 0 Å². The van der Waals surface area contributed by atoms with Crippen LogP contribution >= 0.6 is 0 Å². The summed E-state index contributed by atoms with van der Waals surface area (Å²) in [5.74, 6) is 0.264. The van der Waals surface area contributed by atoms with Crippen LogP contribution in [0, 0.1) is 11.3 Å². The molecule has 4 unspecified atom stereocenters. The molecule has 4 nitrogen and oxygen atoms in total. The van der Waals surface area contributed by atoms with E-state index in [1.165, 1.54) is 0 Å². The van der Waals surface area contributed by atoms with Crippen molar-refractivity contribution in [3.05, 3.63) is 0 Å². The van der Waals surface area contributed by atoms with Gasteiger partial charge in [0.2, 0.25) is 5.91 Å². The van der Waals surface area contributed by atoms with Crippen LogP contribution in [0.4, 0.5) is 0 Å². The highest BCUT2D eigenvalue weighted by molar-refractivity contribution is 5.89. The van der Waals surface area contributed by atoms with E-state index >= 15 is 0 Å². The van der Waals surface area contributed by atoms with Gasteiger partial charge in [0.25, 0.3) is 0 Å². The van der Waals surface area contributed by atoms with E-state index in [2.05, 4.69) is 27.7 Å². The third-order valence-electron chi connectivity index (χ3n) is 5.38. The maximum absolute atomic E-state index is 12.8. The lowest BCUT2D eigenvalue weighted by molar-refractivity contribution is -0.184. The standard InChI is InChI=1S/C14H26N2O2/c1-6-9(2)16(5)12(17)14(15)10-7-8-18-11(10)13(14,3)4/h9-11H,6-8,15H2,1-5H3. The average molecular weight is 254 g/mol. The van der Waals surface area contributed by atoms with Gasteiger partial charge in [-0.05, 0) is 19.8 Å². The Balaban J connectivity index is 2.23. The Hall–Kier alpha value is -0.610. The molecule has 2 fully saturated rings. The molecule has 2 rings (SSSR count). The number of rotatable bonds is 3. The van der Waals surface area contributed by atoms with E-state index in [9.17, 15) is 4.79 Å². The van der Waals surface area contributed by atoms with E-state index in [-0.39, 0.29) is 29.4 Å². The predicted molar refractivity (Wildman–Crippen MR) is 71.1 cm³/mol. The molecule has 1 saturated carbocycles. The minimum absolute atomic E-state index is 0.0774. The summed E-state index contributed by atoms with van der Waals surface area (Å²) >= 11 is 0. The molecule has 0 bridgehead atoms. The van der Waals surface area contributed by atoms with E-state index in [4.69, 9.17) is 10.5 Å². The fraction of sp³-hybridized carbons (Fsp3) is 0.929. The molecule has 0 radical (unpaired) electrons. The SMILES string of the molecule is CCC(C)N(C)C(=O)C1(N)C2CCOC2C1(C)C. The molecule has 0 aromatic carbocycles. The maximum atomic E-state index is 12.8. The fourth-order valence-corrected chi connectivity index (χ4v) is 3.58. The van der Waals surface area contributed by atoms with Crippen LogP contribution < -0.4 is 5.73 Å². The van der Waals surface area contributed by atoms with Gasteiger partial charge in [-0.2, -0.15) is 0 Å². The van der Waals surface area contributed by atoms with E-state index in [0.29, 0.717) is 0 Å². The molecule has 4 heteroatoms. The molecule has 104 valence electrons. The number of carbonyl (C=O) groups excluding carboxylic acids is 1. The predicted octanol–water partition coefficient (Wildman–Crippen LogP) is 1.39. The molecule has 0 aromatic heterocycles. The van der Waals surface area contributed by atoms with Crippen molar-refractivity contribution in [3.63, 3.8) is 0 Å². The summed E-state index contributed by atoms with van der Waals surface area (Å²) in [7, 11) is 1.87. The summed E-state index contributed by atoms with van der Waals surface area (Å²) in [5, 5.41) is 0. The Bertz CT molecular complexity index is 356. The molecule has 0 aromatic rings. The van der Waals surface area contributed by atoms with Crippen LogP contribution in [0.3, 0.4) is 0 Å². The fourth-order valence-electron chi connectivity index (χ4n) is 3.58. The minimum atomic E-state index is -0.758. The van der Waals surface area contributed by atoms with Gasteiger partial charge in [-0.3, -0.25) is 4.79 Å². The Morgan fingerprint density at radius 3 is 2.72 bits per heavy atom. The van der Waals surface area contributed by atoms with Crippen LogP contribution in [0.15, 0.2) is 0 Å². The Labute approximate surface area is 110 Å². The zero-order chi connectivity index (χ0) is 13.7. The molecular formula is C14H26N2O2. The van der Waals surface area contributed by atoms with E-state index in [0.717, 1.165) is 19.4 Å². The zero-order valence-corrected chi connectivity index (χ0v) is 12.2. The van der Waals surface area contributed by atoms with Crippen LogP contribution in [0.1, 0.15) is 40.5 Å². The normalized spacial score (nSPS) is 38.8. The van der Waals surface area contributed by atoms with Crippen molar-refractivity contribution in [1.29, 1.82) is 0 Å². The molecule has 1 amide bonds. The molecule has 1 aliphatic heterocycles. The topological polar surface area (TPSA) is 55.6 Å². The molecule has 0 spiro atoms. The van der Waals surface area contributed by atoms with Gasteiger partial charge in [0.15, 0.2) is 0 Å². The summed E-state index contributed by atoms with van der Waals surface area (Å²) in [6, 6.07) is 0.232. The second-order valence-electron chi connectivity index (χ2n) is 6.45. The number of nitrogens with zero attached hydrogens (tertiary/aromatic N) is 1. The van der Waals surface area contributed by atoms with Gasteiger partial charge < -0.3 is 15.4 Å². The van der Waals surface area contributed by atoms with Crippen LogP contribution in [0.2, 0.25) is 0 Å². The number of hydrogen-bond donors (Lipinski definition) is 1. The van der Waals surface area contributed by atoms with Gasteiger partial charge >= 0.3 is 0 Å². The third-order valence-corrected chi connectivity index (χ3v) is 5.38. The van der Waals surface area contributed by atoms with Gasteiger partial charge in [0.1, 0.15) is 5.54 Å². The molecular weight excluding hydrogens is 228 g/mol. The molecule has 18 heavy (non-hydrogen) atoms. The molecule has 1 saturated heterocycles. The first-order valence-corrected chi connectivity index (χ1v) is 6.96. The maximum Gasteiger partial charge on any atom is 0.243 e. The van der Waals surface area contributed by atoms with Gasteiger partial charge in [-0.15, -0.1) is 0 Å². The molecule has 4 atom stereocenters. The Kier molecular flexibility index (Phi) is 3.23. The third kappa shape index (κ3) is 1.48. The highest BCUT2D eigenvalue weighted by atomic mass is 16.5. The quantitative estimate of drug-likeness (QED) is 0.828. The summed E-state index contributed by atoms with van der Waals surface area (Å²) in [4.78, 5) is 14.6. The number of carbonyl (C=O) groups is 1. The van der Waals surface area contributed by atoms with Crippen LogP contribution in [0.5, 0.6) is 0 Å². The Morgan fingerprint density at radius 2 is 2.17 bits per heavy atom. The highest BCUT2D eigenvalue weighted by Gasteiger charge is 2.71. The first kappa shape index (κ1) is 13.8. The van der Waals surface area contributed by atoms with E-state index in [1.54, 1.807) is 0 Å². The minimum Gasteiger partial charge on any atom is -0.377 e. The van der Waals surface area contributed by atoms with Crippen molar-refractivity contribution >= 4 is 5.91 Å². The van der Waals surface area contributed by atoms with Crippen molar-refractivity contribution in [2.75, 3.05) is 13.7 Å². The summed E-state index contributed by atoms with van der Waals surface area (Å²) in [6.07, 6.45) is 2.00. The lowest BCUT2D eigenvalue weighted by Gasteiger charge is -2.61. The number of fused-ring (bicyclic) bond motifs is 1. The van der Waals surface area contributed by atoms with Crippen LogP contribution in [-0.2, 0) is 9.53 Å². The van der Waals surface area contributed by atoms with Crippen molar-refractivity contribution < 1.29 is 9.53 Å². The lowest BCUT2D eigenvalue weighted by atomic mass is 9.47. The Morgan fingerprint density at radius 1 is 1.56 bits per heavy atom. The molecule has 1 aliphatic carbocycles. The number of ether oxygens (including phenoxy) is 1. The number of nitrogens with two attached hydrogens (primary N) is 1. The summed E-state index contributed by atoms with van der Waals surface area (Å²) in [6.45, 7) is 9.00. The van der Waals surface area contributed by atoms with Crippen molar-refractivity contribution in [1.82, 2.24) is 4.90 Å². The average Bonchev–Trinajstić information content (AvgIpc) is 2.82. The van der Waals surface area contributed by atoms with Gasteiger partial charge in [-0.25, -0.2) is 0 Å². The van der Waals surface area contributed by atoms with Crippen LogP contribution in [-0.4, -0.2) is 42.1 Å². The van der Waals surface area contributed by atoms with Gasteiger partial charge in [-0.1, -0.05) is 20.8 Å². The second-order valence-corrected chi connectivity index (χ2v) is 6.45. The van der Waals surface area contributed by atoms with Gasteiger partial charge in [0, 0.05) is 31.0 Å².